The third kappa shape index (κ3) is 4.84. The zero-order valence-electron chi connectivity index (χ0n) is 18.9. The molecule has 5 aromatic rings. The summed E-state index contributed by atoms with van der Waals surface area (Å²) in [5.74, 6) is 1.10. The molecule has 0 saturated heterocycles. The summed E-state index contributed by atoms with van der Waals surface area (Å²) in [6, 6.07) is 13.1. The molecule has 35 heavy (non-hydrogen) atoms. The average Bonchev–Trinajstić information content (AvgIpc) is 3.59. The minimum Gasteiger partial charge on any atom is -0.493 e. The number of halogens is 1. The molecule has 1 amide bonds. The van der Waals surface area contributed by atoms with Crippen LogP contribution >= 0.6 is 22.9 Å². The van der Waals surface area contributed by atoms with E-state index in [4.69, 9.17) is 21.1 Å². The molecule has 0 radical (unpaired) electrons. The van der Waals surface area contributed by atoms with E-state index in [1.807, 2.05) is 48.7 Å². The fraction of sp³-hybridized carbons (Fsp3) is 0.167. The largest absolute Gasteiger partial charge is 0.493 e. The number of hydrogen-bond donors (Lipinski definition) is 1. The number of benzene rings is 2. The Morgan fingerprint density at radius 3 is 2.66 bits per heavy atom. The quantitative estimate of drug-likeness (QED) is 0.336. The lowest BCUT2D eigenvalue weighted by atomic mass is 10.2. The molecule has 178 valence electrons. The van der Waals surface area contributed by atoms with E-state index in [-0.39, 0.29) is 12.5 Å². The Kier molecular flexibility index (Phi) is 6.39. The number of carbonyl (C=O) groups is 1. The number of fused-ring (bicyclic) bond motifs is 1. The van der Waals surface area contributed by atoms with Gasteiger partial charge in [0.2, 0.25) is 0 Å². The number of imidazole rings is 1. The van der Waals surface area contributed by atoms with E-state index in [1.54, 1.807) is 34.9 Å². The maximum absolute atomic E-state index is 12.9. The van der Waals surface area contributed by atoms with Gasteiger partial charge in [0.05, 0.1) is 39.2 Å². The van der Waals surface area contributed by atoms with Crippen LogP contribution in [0.25, 0.3) is 16.2 Å². The summed E-state index contributed by atoms with van der Waals surface area (Å²) in [7, 11) is 3.20. The van der Waals surface area contributed by atoms with Gasteiger partial charge in [-0.2, -0.15) is 0 Å². The standard InChI is InChI=1S/C24H21ClN6O3S/c1-33-21-8-3-15(9-22(21)34-2)11-30-12-18(28-29-30)10-26-23(32)20-14-35-24-27-19(13-31(20)24)16-4-6-17(25)7-5-16/h3-9,12-14H,10-11H2,1-2H3,(H,26,32). The SMILES string of the molecule is COc1ccc(Cn2cc(CNC(=O)c3csc4nc(-c5ccc(Cl)cc5)cn34)nn2)cc1OC. The Morgan fingerprint density at radius 1 is 1.09 bits per heavy atom. The van der Waals surface area contributed by atoms with Crippen molar-refractivity contribution in [1.82, 2.24) is 29.7 Å². The lowest BCUT2D eigenvalue weighted by molar-refractivity contribution is 0.0945. The van der Waals surface area contributed by atoms with Crippen molar-refractivity contribution < 1.29 is 14.3 Å². The van der Waals surface area contributed by atoms with Gasteiger partial charge in [-0.15, -0.1) is 16.4 Å². The van der Waals surface area contributed by atoms with Crippen LogP contribution in [-0.4, -0.2) is 44.5 Å². The minimum absolute atomic E-state index is 0.217. The summed E-state index contributed by atoms with van der Waals surface area (Å²) in [5, 5.41) is 13.7. The smallest absolute Gasteiger partial charge is 0.269 e. The van der Waals surface area contributed by atoms with Crippen molar-refractivity contribution in [3.05, 3.63) is 82.2 Å². The van der Waals surface area contributed by atoms with Gasteiger partial charge in [-0.3, -0.25) is 9.20 Å². The van der Waals surface area contributed by atoms with Gasteiger partial charge >= 0.3 is 0 Å². The molecule has 1 N–H and O–H groups in total. The molecule has 0 atom stereocenters. The van der Waals surface area contributed by atoms with Gasteiger partial charge in [0.25, 0.3) is 5.91 Å². The van der Waals surface area contributed by atoms with E-state index >= 15 is 0 Å². The number of thiazole rings is 1. The highest BCUT2D eigenvalue weighted by Crippen LogP contribution is 2.28. The maximum Gasteiger partial charge on any atom is 0.269 e. The molecule has 0 unspecified atom stereocenters. The van der Waals surface area contributed by atoms with Crippen molar-refractivity contribution in [3.8, 4) is 22.8 Å². The highest BCUT2D eigenvalue weighted by molar-refractivity contribution is 7.15. The van der Waals surface area contributed by atoms with Crippen molar-refractivity contribution >= 4 is 33.8 Å². The van der Waals surface area contributed by atoms with Crippen molar-refractivity contribution in [2.75, 3.05) is 14.2 Å². The Balaban J connectivity index is 1.24. The fourth-order valence-electron chi connectivity index (χ4n) is 3.63. The molecule has 0 aliphatic heterocycles. The predicted molar refractivity (Wildman–Crippen MR) is 133 cm³/mol. The molecule has 0 bridgehead atoms. The van der Waals surface area contributed by atoms with Gasteiger partial charge in [0.1, 0.15) is 11.4 Å². The summed E-state index contributed by atoms with van der Waals surface area (Å²) in [5.41, 5.74) is 3.86. The number of hydrogen-bond acceptors (Lipinski definition) is 7. The summed E-state index contributed by atoms with van der Waals surface area (Å²) in [6.07, 6.45) is 3.65. The first-order chi connectivity index (χ1) is 17.0. The van der Waals surface area contributed by atoms with Crippen LogP contribution < -0.4 is 14.8 Å². The summed E-state index contributed by atoms with van der Waals surface area (Å²) < 4.78 is 14.1. The number of nitrogens with one attached hydrogen (secondary N) is 1. The number of methoxy groups -OCH3 is 2. The van der Waals surface area contributed by atoms with Gasteiger partial charge in [0, 0.05) is 22.2 Å². The zero-order valence-corrected chi connectivity index (χ0v) is 20.5. The first-order valence-electron chi connectivity index (χ1n) is 10.6. The average molecular weight is 509 g/mol. The predicted octanol–water partition coefficient (Wildman–Crippen LogP) is 4.30. The molecule has 0 fully saturated rings. The van der Waals surface area contributed by atoms with Crippen LogP contribution in [0.3, 0.4) is 0 Å². The Labute approximate surface area is 209 Å². The summed E-state index contributed by atoms with van der Waals surface area (Å²) in [4.78, 5) is 18.2. The topological polar surface area (TPSA) is 95.6 Å². The van der Waals surface area contributed by atoms with E-state index in [9.17, 15) is 4.79 Å². The highest BCUT2D eigenvalue weighted by Gasteiger charge is 2.16. The maximum atomic E-state index is 12.9. The van der Waals surface area contributed by atoms with Crippen molar-refractivity contribution in [3.63, 3.8) is 0 Å². The van der Waals surface area contributed by atoms with E-state index in [2.05, 4.69) is 20.6 Å². The first-order valence-corrected chi connectivity index (χ1v) is 11.9. The Hall–Kier alpha value is -3.89. The molecule has 3 heterocycles. The molecule has 0 aliphatic rings. The molecule has 0 aliphatic carbocycles. The van der Waals surface area contributed by atoms with Gasteiger partial charge in [-0.25, -0.2) is 9.67 Å². The van der Waals surface area contributed by atoms with Crippen molar-refractivity contribution in [2.45, 2.75) is 13.1 Å². The number of rotatable bonds is 8. The molecule has 3 aromatic heterocycles. The lowest BCUT2D eigenvalue weighted by Gasteiger charge is -2.09. The third-order valence-electron chi connectivity index (χ3n) is 5.39. The first kappa shape index (κ1) is 22.9. The van der Waals surface area contributed by atoms with Crippen LogP contribution in [0.5, 0.6) is 11.5 Å². The normalized spacial score (nSPS) is 11.1. The van der Waals surface area contributed by atoms with Gasteiger partial charge in [0.15, 0.2) is 16.5 Å². The number of carbonyl (C=O) groups excluding carboxylic acids is 1. The van der Waals surface area contributed by atoms with Crippen molar-refractivity contribution in [2.24, 2.45) is 0 Å². The molecule has 0 spiro atoms. The van der Waals surface area contributed by atoms with E-state index in [0.29, 0.717) is 34.5 Å². The second kappa shape index (κ2) is 9.77. The van der Waals surface area contributed by atoms with Gasteiger partial charge in [-0.05, 0) is 29.8 Å². The number of ether oxygens (including phenoxy) is 2. The second-order valence-electron chi connectivity index (χ2n) is 7.69. The highest BCUT2D eigenvalue weighted by atomic mass is 35.5. The van der Waals surface area contributed by atoms with Crippen LogP contribution in [0.1, 0.15) is 21.7 Å². The van der Waals surface area contributed by atoms with Crippen LogP contribution in [0.4, 0.5) is 0 Å². The summed E-state index contributed by atoms with van der Waals surface area (Å²) >= 11 is 7.38. The van der Waals surface area contributed by atoms with Gasteiger partial charge < -0.3 is 14.8 Å². The van der Waals surface area contributed by atoms with E-state index in [0.717, 1.165) is 21.8 Å². The molecule has 2 aromatic carbocycles. The minimum atomic E-state index is -0.217. The van der Waals surface area contributed by atoms with Crippen molar-refractivity contribution in [1.29, 1.82) is 0 Å². The second-order valence-corrected chi connectivity index (χ2v) is 8.96. The van der Waals surface area contributed by atoms with Crippen LogP contribution in [0.15, 0.2) is 60.2 Å². The monoisotopic (exact) mass is 508 g/mol. The number of amides is 1. The molecular formula is C24H21ClN6O3S. The number of aromatic nitrogens is 5. The van der Waals surface area contributed by atoms with E-state index < -0.39 is 0 Å². The molecular weight excluding hydrogens is 488 g/mol. The molecule has 11 heteroatoms. The lowest BCUT2D eigenvalue weighted by Crippen LogP contribution is -2.24. The molecule has 9 nitrogen and oxygen atoms in total. The van der Waals surface area contributed by atoms with Crippen LogP contribution in [-0.2, 0) is 13.1 Å². The zero-order chi connectivity index (χ0) is 24.4. The van der Waals surface area contributed by atoms with Crippen LogP contribution in [0, 0.1) is 0 Å². The summed E-state index contributed by atoms with van der Waals surface area (Å²) in [6.45, 7) is 0.760. The third-order valence-corrected chi connectivity index (χ3v) is 6.48. The Morgan fingerprint density at radius 2 is 1.89 bits per heavy atom. The Bertz CT molecular complexity index is 1490. The number of nitrogens with zero attached hydrogens (tertiary/aromatic N) is 5. The molecule has 0 saturated carbocycles. The van der Waals surface area contributed by atoms with Crippen LogP contribution in [0.2, 0.25) is 5.02 Å². The molecule has 5 rings (SSSR count). The van der Waals surface area contributed by atoms with Gasteiger partial charge in [-0.1, -0.05) is 35.0 Å². The fourth-order valence-corrected chi connectivity index (χ4v) is 4.61. The van der Waals surface area contributed by atoms with E-state index in [1.165, 1.54) is 11.3 Å².